The average Bonchev–Trinajstić information content (AvgIpc) is 3.08. The number of sulfonamides is 1. The van der Waals surface area contributed by atoms with Gasteiger partial charge in [0.05, 0.1) is 12.2 Å². The lowest BCUT2D eigenvalue weighted by Crippen LogP contribution is -2.20. The van der Waals surface area contributed by atoms with Crippen molar-refractivity contribution in [1.82, 2.24) is 9.78 Å². The molecule has 0 radical (unpaired) electrons. The number of benzene rings is 2. The maximum Gasteiger partial charge on any atom is 0.265 e. The molecule has 3 rings (SSSR count). The van der Waals surface area contributed by atoms with Gasteiger partial charge in [0.15, 0.2) is 0 Å². The van der Waals surface area contributed by atoms with E-state index >= 15 is 0 Å². The highest BCUT2D eigenvalue weighted by Crippen LogP contribution is 2.29. The second-order valence-corrected chi connectivity index (χ2v) is 9.47. The predicted octanol–water partition coefficient (Wildman–Crippen LogP) is 3.13. The summed E-state index contributed by atoms with van der Waals surface area (Å²) >= 11 is 0. The van der Waals surface area contributed by atoms with Gasteiger partial charge in [-0.2, -0.15) is 5.10 Å². The Kier molecular flexibility index (Phi) is 5.48. The SMILES string of the molecule is CC(C)(C)c1nn(Cc2ccccc2)cc1S(=O)(=O)Nc1ccc(C(N)=O)cc1. The maximum atomic E-state index is 13.1. The number of primary amides is 1. The third-order valence-electron chi connectivity index (χ3n) is 4.34. The first-order valence-corrected chi connectivity index (χ1v) is 10.6. The minimum absolute atomic E-state index is 0.125. The summed E-state index contributed by atoms with van der Waals surface area (Å²) in [6, 6.07) is 15.7. The van der Waals surface area contributed by atoms with Crippen LogP contribution in [0.3, 0.4) is 0 Å². The van der Waals surface area contributed by atoms with Gasteiger partial charge >= 0.3 is 0 Å². The Morgan fingerprint density at radius 1 is 1.07 bits per heavy atom. The monoisotopic (exact) mass is 412 g/mol. The normalized spacial score (nSPS) is 12.0. The topological polar surface area (TPSA) is 107 Å². The van der Waals surface area contributed by atoms with Gasteiger partial charge in [0.2, 0.25) is 5.91 Å². The van der Waals surface area contributed by atoms with E-state index in [4.69, 9.17) is 5.73 Å². The van der Waals surface area contributed by atoms with Gasteiger partial charge in [-0.1, -0.05) is 51.1 Å². The average molecular weight is 413 g/mol. The number of nitrogens with zero attached hydrogens (tertiary/aromatic N) is 2. The van der Waals surface area contributed by atoms with Gasteiger partial charge in [-0.05, 0) is 29.8 Å². The second kappa shape index (κ2) is 7.71. The number of carbonyl (C=O) groups excluding carboxylic acids is 1. The molecule has 1 aromatic heterocycles. The molecule has 8 heteroatoms. The van der Waals surface area contributed by atoms with Crippen molar-refractivity contribution in [3.63, 3.8) is 0 Å². The molecule has 0 bridgehead atoms. The van der Waals surface area contributed by atoms with E-state index in [1.54, 1.807) is 10.9 Å². The first-order chi connectivity index (χ1) is 13.6. The number of nitrogens with two attached hydrogens (primary N) is 1. The van der Waals surface area contributed by atoms with Crippen molar-refractivity contribution >= 4 is 21.6 Å². The summed E-state index contributed by atoms with van der Waals surface area (Å²) in [6.45, 7) is 6.22. The van der Waals surface area contributed by atoms with Crippen molar-refractivity contribution in [2.45, 2.75) is 37.6 Å². The molecule has 2 aromatic carbocycles. The van der Waals surface area contributed by atoms with E-state index in [0.29, 0.717) is 23.5 Å². The Morgan fingerprint density at radius 2 is 1.69 bits per heavy atom. The Labute approximate surface area is 170 Å². The van der Waals surface area contributed by atoms with Gasteiger partial charge in [0.1, 0.15) is 4.90 Å². The summed E-state index contributed by atoms with van der Waals surface area (Å²) in [5, 5.41) is 4.56. The van der Waals surface area contributed by atoms with Crippen LogP contribution in [0.1, 0.15) is 42.4 Å². The highest BCUT2D eigenvalue weighted by molar-refractivity contribution is 7.92. The lowest BCUT2D eigenvalue weighted by Gasteiger charge is -2.18. The van der Waals surface area contributed by atoms with Gasteiger partial charge in [0, 0.05) is 22.9 Å². The van der Waals surface area contributed by atoms with Crippen molar-refractivity contribution in [1.29, 1.82) is 0 Å². The molecule has 0 saturated carbocycles. The van der Waals surface area contributed by atoms with Crippen LogP contribution in [0.15, 0.2) is 65.7 Å². The van der Waals surface area contributed by atoms with Crippen molar-refractivity contribution in [2.75, 3.05) is 4.72 Å². The molecule has 0 aliphatic rings. The number of carbonyl (C=O) groups is 1. The molecular weight excluding hydrogens is 388 g/mol. The van der Waals surface area contributed by atoms with Gasteiger partial charge in [-0.25, -0.2) is 8.42 Å². The molecule has 29 heavy (non-hydrogen) atoms. The van der Waals surface area contributed by atoms with E-state index in [1.807, 2.05) is 51.1 Å². The minimum atomic E-state index is -3.88. The van der Waals surface area contributed by atoms with Crippen LogP contribution in [0, 0.1) is 0 Å². The van der Waals surface area contributed by atoms with Gasteiger partial charge in [-0.3, -0.25) is 14.2 Å². The van der Waals surface area contributed by atoms with Crippen LogP contribution in [-0.4, -0.2) is 24.1 Å². The number of hydrogen-bond acceptors (Lipinski definition) is 4. The van der Waals surface area contributed by atoms with E-state index in [9.17, 15) is 13.2 Å². The summed E-state index contributed by atoms with van der Waals surface area (Å²) in [5.41, 5.74) is 6.90. The van der Waals surface area contributed by atoms with Crippen molar-refractivity contribution in [3.8, 4) is 0 Å². The molecule has 0 aliphatic heterocycles. The number of hydrogen-bond donors (Lipinski definition) is 2. The third-order valence-corrected chi connectivity index (χ3v) is 5.72. The summed E-state index contributed by atoms with van der Waals surface area (Å²) in [4.78, 5) is 11.3. The Bertz CT molecular complexity index is 1110. The van der Waals surface area contributed by atoms with Crippen LogP contribution in [0.2, 0.25) is 0 Å². The van der Waals surface area contributed by atoms with Crippen molar-refractivity contribution in [2.24, 2.45) is 5.73 Å². The summed E-state index contributed by atoms with van der Waals surface area (Å²) in [6.07, 6.45) is 1.55. The molecule has 0 unspecified atom stereocenters. The number of amides is 1. The van der Waals surface area contributed by atoms with Crippen LogP contribution in [0.4, 0.5) is 5.69 Å². The Hall–Kier alpha value is -3.13. The predicted molar refractivity (Wildman–Crippen MR) is 112 cm³/mol. The van der Waals surface area contributed by atoms with Crippen molar-refractivity contribution < 1.29 is 13.2 Å². The molecule has 152 valence electrons. The number of anilines is 1. The molecule has 0 aliphatic carbocycles. The zero-order valence-corrected chi connectivity index (χ0v) is 17.4. The maximum absolute atomic E-state index is 13.1. The smallest absolute Gasteiger partial charge is 0.265 e. The zero-order valence-electron chi connectivity index (χ0n) is 16.6. The van der Waals surface area contributed by atoms with Gasteiger partial charge < -0.3 is 5.73 Å². The quantitative estimate of drug-likeness (QED) is 0.648. The Balaban J connectivity index is 1.95. The summed E-state index contributed by atoms with van der Waals surface area (Å²) in [7, 11) is -3.88. The highest BCUT2D eigenvalue weighted by Gasteiger charge is 2.30. The van der Waals surface area contributed by atoms with Gasteiger partial charge in [-0.15, -0.1) is 0 Å². The largest absolute Gasteiger partial charge is 0.366 e. The number of aromatic nitrogens is 2. The summed E-state index contributed by atoms with van der Waals surface area (Å²) in [5.74, 6) is -0.573. The standard InChI is InChI=1S/C21H24N4O3S/c1-21(2,3)19-18(14-25(23-19)13-15-7-5-4-6-8-15)29(27,28)24-17-11-9-16(10-12-17)20(22)26/h4-12,14,24H,13H2,1-3H3,(H2,22,26). The van der Waals surface area contributed by atoms with Crippen LogP contribution >= 0.6 is 0 Å². The molecule has 7 nitrogen and oxygen atoms in total. The third kappa shape index (κ3) is 4.83. The number of rotatable bonds is 6. The second-order valence-electron chi connectivity index (χ2n) is 7.82. The van der Waals surface area contributed by atoms with Crippen LogP contribution in [0.25, 0.3) is 0 Å². The van der Waals surface area contributed by atoms with Gasteiger partial charge in [0.25, 0.3) is 10.0 Å². The molecule has 3 aromatic rings. The minimum Gasteiger partial charge on any atom is -0.366 e. The molecule has 0 saturated heterocycles. The van der Waals surface area contributed by atoms with E-state index < -0.39 is 21.3 Å². The lowest BCUT2D eigenvalue weighted by atomic mass is 9.92. The molecule has 0 fully saturated rings. The molecule has 1 heterocycles. The molecule has 0 atom stereocenters. The van der Waals surface area contributed by atoms with E-state index in [0.717, 1.165) is 5.56 Å². The molecular formula is C21H24N4O3S. The van der Waals surface area contributed by atoms with Crippen molar-refractivity contribution in [3.05, 3.63) is 77.6 Å². The highest BCUT2D eigenvalue weighted by atomic mass is 32.2. The molecule has 1 amide bonds. The fourth-order valence-electron chi connectivity index (χ4n) is 2.88. The van der Waals surface area contributed by atoms with E-state index in [1.165, 1.54) is 24.3 Å². The lowest BCUT2D eigenvalue weighted by molar-refractivity contribution is 0.100. The van der Waals surface area contributed by atoms with Crippen LogP contribution in [0.5, 0.6) is 0 Å². The first-order valence-electron chi connectivity index (χ1n) is 9.11. The first kappa shape index (κ1) is 20.6. The summed E-state index contributed by atoms with van der Waals surface area (Å²) < 4.78 is 30.4. The van der Waals surface area contributed by atoms with E-state index in [-0.39, 0.29) is 4.90 Å². The van der Waals surface area contributed by atoms with Crippen LogP contribution in [-0.2, 0) is 22.0 Å². The fraction of sp³-hybridized carbons (Fsp3) is 0.238. The molecule has 3 N–H and O–H groups in total. The fourth-order valence-corrected chi connectivity index (χ4v) is 4.30. The Morgan fingerprint density at radius 3 is 2.24 bits per heavy atom. The number of nitrogens with one attached hydrogen (secondary N) is 1. The zero-order chi connectivity index (χ0) is 21.2. The van der Waals surface area contributed by atoms with Crippen LogP contribution < -0.4 is 10.5 Å². The van der Waals surface area contributed by atoms with E-state index in [2.05, 4.69) is 9.82 Å². The molecule has 0 spiro atoms.